The van der Waals surface area contributed by atoms with Crippen molar-refractivity contribution in [2.24, 2.45) is 11.7 Å². The van der Waals surface area contributed by atoms with Crippen molar-refractivity contribution < 1.29 is 0 Å². The molecule has 0 amide bonds. The van der Waals surface area contributed by atoms with Gasteiger partial charge in [-0.3, -0.25) is 9.69 Å². The maximum absolute atomic E-state index is 11.9. The normalized spacial score (nSPS) is 19.3. The summed E-state index contributed by atoms with van der Waals surface area (Å²) in [5, 5.41) is 5.37. The third-order valence-corrected chi connectivity index (χ3v) is 4.85. The van der Waals surface area contributed by atoms with E-state index in [-0.39, 0.29) is 18.0 Å². The van der Waals surface area contributed by atoms with Crippen molar-refractivity contribution in [2.75, 3.05) is 19.6 Å². The van der Waals surface area contributed by atoms with Crippen molar-refractivity contribution in [2.45, 2.75) is 32.7 Å². The van der Waals surface area contributed by atoms with Crippen molar-refractivity contribution in [3.8, 4) is 0 Å². The van der Waals surface area contributed by atoms with E-state index in [1.54, 1.807) is 0 Å². The molecule has 0 spiro atoms. The fourth-order valence-electron chi connectivity index (χ4n) is 2.98. The predicted molar refractivity (Wildman–Crippen MR) is 90.8 cm³/mol. The smallest absolute Gasteiger partial charge is 0.275 e. The summed E-state index contributed by atoms with van der Waals surface area (Å²) in [7, 11) is 0. The second-order valence-electron chi connectivity index (χ2n) is 5.75. The molecule has 0 aromatic carbocycles. The topological polar surface area (TPSA) is 76.5 Å². The average molecular weight is 344 g/mol. The number of nitrogens with zero attached hydrogens (tertiary/aromatic N) is 4. The maximum Gasteiger partial charge on any atom is 0.275 e. The molecule has 2 N–H and O–H groups in total. The highest BCUT2D eigenvalue weighted by atomic mass is 35.5. The lowest BCUT2D eigenvalue weighted by Gasteiger charge is -2.31. The van der Waals surface area contributed by atoms with Crippen molar-refractivity contribution >= 4 is 28.7 Å². The fraction of sp³-hybridized carbons (Fsp3) is 0.643. The van der Waals surface area contributed by atoms with Crippen LogP contribution in [-0.4, -0.2) is 39.1 Å². The van der Waals surface area contributed by atoms with E-state index in [0.717, 1.165) is 43.3 Å². The Balaban J connectivity index is 0.00000176. The molecular weight excluding hydrogens is 322 g/mol. The number of likely N-dealkylation sites (tertiary alicyclic amines) is 1. The van der Waals surface area contributed by atoms with E-state index < -0.39 is 0 Å². The minimum Gasteiger partial charge on any atom is -0.330 e. The molecule has 1 unspecified atom stereocenters. The van der Waals surface area contributed by atoms with Gasteiger partial charge in [0, 0.05) is 18.3 Å². The van der Waals surface area contributed by atoms with Gasteiger partial charge in [0.2, 0.25) is 4.96 Å². The van der Waals surface area contributed by atoms with Crippen LogP contribution in [0, 0.1) is 12.8 Å². The van der Waals surface area contributed by atoms with Gasteiger partial charge in [0.15, 0.2) is 0 Å². The number of nitrogens with two attached hydrogens (primary N) is 1. The van der Waals surface area contributed by atoms with Gasteiger partial charge in [0.25, 0.3) is 5.56 Å². The van der Waals surface area contributed by atoms with Crippen LogP contribution < -0.4 is 11.3 Å². The Kier molecular flexibility index (Phi) is 5.91. The zero-order valence-electron chi connectivity index (χ0n) is 12.7. The molecule has 0 radical (unpaired) electrons. The second-order valence-corrected chi connectivity index (χ2v) is 6.79. The Bertz CT molecular complexity index is 683. The predicted octanol–water partition coefficient (Wildman–Crippen LogP) is 1.44. The van der Waals surface area contributed by atoms with Gasteiger partial charge in [-0.1, -0.05) is 11.3 Å². The summed E-state index contributed by atoms with van der Waals surface area (Å²) in [5.41, 5.74) is 6.31. The molecular formula is C14H22ClN5OS. The van der Waals surface area contributed by atoms with E-state index >= 15 is 0 Å². The fourth-order valence-corrected chi connectivity index (χ4v) is 3.97. The molecule has 1 fully saturated rings. The number of halogens is 1. The summed E-state index contributed by atoms with van der Waals surface area (Å²) >= 11 is 1.51. The molecule has 1 aliphatic rings. The lowest BCUT2D eigenvalue weighted by Crippen LogP contribution is -2.35. The summed E-state index contributed by atoms with van der Waals surface area (Å²) in [5.74, 6) is 0.696. The van der Waals surface area contributed by atoms with Crippen LogP contribution in [0.4, 0.5) is 0 Å². The summed E-state index contributed by atoms with van der Waals surface area (Å²) < 4.78 is 1.41. The van der Waals surface area contributed by atoms with Crippen LogP contribution in [0.15, 0.2) is 10.9 Å². The van der Waals surface area contributed by atoms with E-state index in [0.29, 0.717) is 10.9 Å². The van der Waals surface area contributed by atoms with Crippen LogP contribution in [0.5, 0.6) is 0 Å². The first-order valence-electron chi connectivity index (χ1n) is 7.44. The first-order valence-corrected chi connectivity index (χ1v) is 8.26. The van der Waals surface area contributed by atoms with Crippen LogP contribution in [0.25, 0.3) is 4.96 Å². The standard InChI is InChI=1S/C14H21N5OS.ClH/c1-10-7-13(20)19-14(16-10)21-12(17-19)9-18-6-2-3-11(8-18)4-5-15;/h7,11H,2-6,8-9,15H2,1H3;1H. The van der Waals surface area contributed by atoms with Crippen LogP contribution >= 0.6 is 23.7 Å². The zero-order chi connectivity index (χ0) is 14.8. The number of aryl methyl sites for hydroxylation is 1. The molecule has 1 aliphatic heterocycles. The molecule has 1 atom stereocenters. The van der Waals surface area contributed by atoms with E-state index in [1.165, 1.54) is 34.8 Å². The number of fused-ring (bicyclic) bond motifs is 1. The van der Waals surface area contributed by atoms with Crippen LogP contribution in [0.3, 0.4) is 0 Å². The average Bonchev–Trinajstić information content (AvgIpc) is 2.82. The summed E-state index contributed by atoms with van der Waals surface area (Å²) in [6, 6.07) is 1.52. The Labute approximate surface area is 139 Å². The first-order chi connectivity index (χ1) is 10.2. The number of hydrogen-bond donors (Lipinski definition) is 1. The Morgan fingerprint density at radius 3 is 3.09 bits per heavy atom. The molecule has 6 nitrogen and oxygen atoms in total. The molecule has 0 bridgehead atoms. The molecule has 0 saturated carbocycles. The molecule has 1 saturated heterocycles. The van der Waals surface area contributed by atoms with Crippen LogP contribution in [0.1, 0.15) is 30.0 Å². The quantitative estimate of drug-likeness (QED) is 0.909. The summed E-state index contributed by atoms with van der Waals surface area (Å²) in [6.45, 7) is 5.57. The number of piperidine rings is 1. The third kappa shape index (κ3) is 3.84. The Hall–Kier alpha value is -1.02. The van der Waals surface area contributed by atoms with Crippen molar-refractivity contribution in [3.05, 3.63) is 27.1 Å². The number of aromatic nitrogens is 3. The largest absolute Gasteiger partial charge is 0.330 e. The lowest BCUT2D eigenvalue weighted by atomic mass is 9.95. The van der Waals surface area contributed by atoms with E-state index in [9.17, 15) is 4.79 Å². The highest BCUT2D eigenvalue weighted by Crippen LogP contribution is 2.22. The van der Waals surface area contributed by atoms with Crippen LogP contribution in [-0.2, 0) is 6.54 Å². The van der Waals surface area contributed by atoms with Gasteiger partial charge < -0.3 is 5.73 Å². The van der Waals surface area contributed by atoms with E-state index in [4.69, 9.17) is 5.73 Å². The number of hydrogen-bond acceptors (Lipinski definition) is 6. The maximum atomic E-state index is 11.9. The van der Waals surface area contributed by atoms with Gasteiger partial charge in [-0.25, -0.2) is 4.98 Å². The van der Waals surface area contributed by atoms with Crippen molar-refractivity contribution in [1.82, 2.24) is 19.5 Å². The van der Waals surface area contributed by atoms with Gasteiger partial charge in [0.05, 0.1) is 6.54 Å². The molecule has 3 rings (SSSR count). The summed E-state index contributed by atoms with van der Waals surface area (Å²) in [4.78, 5) is 19.4. The molecule has 2 aromatic rings. The van der Waals surface area contributed by atoms with Crippen LogP contribution in [0.2, 0.25) is 0 Å². The van der Waals surface area contributed by atoms with E-state index in [2.05, 4.69) is 15.0 Å². The lowest BCUT2D eigenvalue weighted by molar-refractivity contribution is 0.162. The second kappa shape index (κ2) is 7.50. The van der Waals surface area contributed by atoms with E-state index in [1.807, 2.05) is 6.92 Å². The SMILES string of the molecule is Cc1cc(=O)n2nc(CN3CCCC(CCN)C3)sc2n1.Cl. The zero-order valence-corrected chi connectivity index (χ0v) is 14.3. The van der Waals surface area contributed by atoms with Gasteiger partial charge in [-0.2, -0.15) is 9.61 Å². The first kappa shape index (κ1) is 17.3. The highest BCUT2D eigenvalue weighted by Gasteiger charge is 2.20. The van der Waals surface area contributed by atoms with Crippen molar-refractivity contribution in [1.29, 1.82) is 0 Å². The molecule has 8 heteroatoms. The molecule has 22 heavy (non-hydrogen) atoms. The molecule has 2 aromatic heterocycles. The third-order valence-electron chi connectivity index (χ3n) is 3.95. The monoisotopic (exact) mass is 343 g/mol. The minimum absolute atomic E-state index is 0. The summed E-state index contributed by atoms with van der Waals surface area (Å²) in [6.07, 6.45) is 3.58. The molecule has 122 valence electrons. The minimum atomic E-state index is -0.0975. The number of rotatable bonds is 4. The molecule has 3 heterocycles. The Morgan fingerprint density at radius 1 is 1.50 bits per heavy atom. The Morgan fingerprint density at radius 2 is 2.32 bits per heavy atom. The van der Waals surface area contributed by atoms with Crippen molar-refractivity contribution in [3.63, 3.8) is 0 Å². The van der Waals surface area contributed by atoms with Gasteiger partial charge in [0.1, 0.15) is 5.01 Å². The van der Waals surface area contributed by atoms with Gasteiger partial charge in [-0.15, -0.1) is 12.4 Å². The molecule has 0 aliphatic carbocycles. The van der Waals surface area contributed by atoms with Gasteiger partial charge in [-0.05, 0) is 45.2 Å². The highest BCUT2D eigenvalue weighted by molar-refractivity contribution is 7.16. The van der Waals surface area contributed by atoms with Gasteiger partial charge >= 0.3 is 0 Å².